The van der Waals surface area contributed by atoms with Crippen LogP contribution in [0.3, 0.4) is 0 Å². The Morgan fingerprint density at radius 1 is 1.14 bits per heavy atom. The van der Waals surface area contributed by atoms with Crippen molar-refractivity contribution in [1.82, 2.24) is 0 Å². The van der Waals surface area contributed by atoms with E-state index in [9.17, 15) is 4.79 Å². The Bertz CT molecular complexity index is 861. The molecule has 3 nitrogen and oxygen atoms in total. The molecule has 0 aliphatic heterocycles. The second-order valence-corrected chi connectivity index (χ2v) is 6.24. The molecule has 22 heavy (non-hydrogen) atoms. The molecule has 2 aromatic carbocycles. The van der Waals surface area contributed by atoms with Gasteiger partial charge in [0.05, 0.1) is 12.0 Å². The second-order valence-electron chi connectivity index (χ2n) is 5.80. The predicted octanol–water partition coefficient (Wildman–Crippen LogP) is 5.08. The van der Waals surface area contributed by atoms with Crippen molar-refractivity contribution in [2.24, 2.45) is 0 Å². The monoisotopic (exact) mass is 316 g/mol. The minimum atomic E-state index is -0.721. The van der Waals surface area contributed by atoms with Gasteiger partial charge in [-0.15, -0.1) is 0 Å². The number of halogens is 1. The molecule has 0 spiro atoms. The van der Waals surface area contributed by atoms with Gasteiger partial charge in [0.2, 0.25) is 0 Å². The van der Waals surface area contributed by atoms with Gasteiger partial charge in [-0.1, -0.05) is 23.7 Å². The van der Waals surface area contributed by atoms with Gasteiger partial charge in [-0.05, 0) is 50.6 Å². The highest BCUT2D eigenvalue weighted by atomic mass is 35.5. The lowest BCUT2D eigenvalue weighted by Crippen LogP contribution is -2.31. The third kappa shape index (κ3) is 2.35. The molecule has 0 amide bonds. The zero-order valence-electron chi connectivity index (χ0n) is 12.8. The van der Waals surface area contributed by atoms with Gasteiger partial charge in [-0.3, -0.25) is 4.79 Å². The number of ether oxygens (including phenoxy) is 1. The van der Waals surface area contributed by atoms with Crippen molar-refractivity contribution in [2.75, 3.05) is 6.61 Å². The SMILES string of the molecule is CCOC(=O)C(C)(C)c1ccc2c(c1)oc1ccc(Cl)cc12. The minimum absolute atomic E-state index is 0.242. The average Bonchev–Trinajstić information content (AvgIpc) is 2.84. The number of fused-ring (bicyclic) bond motifs is 3. The molecule has 3 rings (SSSR count). The van der Waals surface area contributed by atoms with Crippen LogP contribution in [0.4, 0.5) is 0 Å². The van der Waals surface area contributed by atoms with Gasteiger partial charge < -0.3 is 9.15 Å². The summed E-state index contributed by atoms with van der Waals surface area (Å²) in [5.74, 6) is -0.242. The molecule has 0 saturated carbocycles. The number of furan rings is 1. The van der Waals surface area contributed by atoms with E-state index in [1.165, 1.54) is 0 Å². The largest absolute Gasteiger partial charge is 0.465 e. The van der Waals surface area contributed by atoms with E-state index in [2.05, 4.69) is 0 Å². The summed E-state index contributed by atoms with van der Waals surface area (Å²) in [6.45, 7) is 5.88. The Morgan fingerprint density at radius 3 is 2.64 bits per heavy atom. The van der Waals surface area contributed by atoms with Gasteiger partial charge >= 0.3 is 5.97 Å². The topological polar surface area (TPSA) is 39.4 Å². The normalized spacial score (nSPS) is 12.0. The fourth-order valence-electron chi connectivity index (χ4n) is 2.57. The van der Waals surface area contributed by atoms with Gasteiger partial charge in [-0.2, -0.15) is 0 Å². The van der Waals surface area contributed by atoms with Crippen LogP contribution >= 0.6 is 11.6 Å². The summed E-state index contributed by atoms with van der Waals surface area (Å²) in [6, 6.07) is 11.4. The lowest BCUT2D eigenvalue weighted by Gasteiger charge is -2.22. The molecule has 0 aliphatic carbocycles. The molecule has 0 fully saturated rings. The number of hydrogen-bond donors (Lipinski definition) is 0. The van der Waals surface area contributed by atoms with E-state index >= 15 is 0 Å². The van der Waals surface area contributed by atoms with E-state index < -0.39 is 5.41 Å². The smallest absolute Gasteiger partial charge is 0.315 e. The van der Waals surface area contributed by atoms with Crippen LogP contribution in [0.1, 0.15) is 26.3 Å². The molecule has 0 N–H and O–H groups in total. The zero-order valence-corrected chi connectivity index (χ0v) is 13.5. The van der Waals surface area contributed by atoms with Crippen LogP contribution in [-0.4, -0.2) is 12.6 Å². The minimum Gasteiger partial charge on any atom is -0.465 e. The molecule has 0 aliphatic rings. The first-order valence-electron chi connectivity index (χ1n) is 7.23. The van der Waals surface area contributed by atoms with Crippen LogP contribution in [-0.2, 0) is 14.9 Å². The highest BCUT2D eigenvalue weighted by molar-refractivity contribution is 6.31. The van der Waals surface area contributed by atoms with E-state index in [1.54, 1.807) is 13.0 Å². The standard InChI is InChI=1S/C18H17ClO3/c1-4-21-17(20)18(2,3)11-5-7-13-14-10-12(19)6-8-15(14)22-16(13)9-11/h5-10H,4H2,1-3H3. The Labute approximate surface area is 133 Å². The average molecular weight is 317 g/mol. The van der Waals surface area contributed by atoms with Crippen molar-refractivity contribution in [3.8, 4) is 0 Å². The van der Waals surface area contributed by atoms with E-state index in [4.69, 9.17) is 20.8 Å². The Kier molecular flexibility index (Phi) is 3.61. The van der Waals surface area contributed by atoms with Gasteiger partial charge in [0, 0.05) is 15.8 Å². The van der Waals surface area contributed by atoms with Crippen molar-refractivity contribution in [3.63, 3.8) is 0 Å². The predicted molar refractivity (Wildman–Crippen MR) is 88.4 cm³/mol. The van der Waals surface area contributed by atoms with Crippen molar-refractivity contribution in [3.05, 3.63) is 47.0 Å². The fraction of sp³-hybridized carbons (Fsp3) is 0.278. The van der Waals surface area contributed by atoms with Crippen molar-refractivity contribution < 1.29 is 13.9 Å². The second kappa shape index (κ2) is 5.33. The van der Waals surface area contributed by atoms with E-state index in [0.29, 0.717) is 11.6 Å². The third-order valence-corrected chi connectivity index (χ3v) is 4.18. The molecule has 1 aromatic heterocycles. The molecule has 114 valence electrons. The molecular formula is C18H17ClO3. The molecule has 1 heterocycles. The van der Waals surface area contributed by atoms with Crippen LogP contribution in [0, 0.1) is 0 Å². The molecule has 0 atom stereocenters. The Balaban J connectivity index is 2.14. The zero-order chi connectivity index (χ0) is 15.9. The number of rotatable bonds is 3. The van der Waals surface area contributed by atoms with Crippen molar-refractivity contribution in [1.29, 1.82) is 0 Å². The summed E-state index contributed by atoms with van der Waals surface area (Å²) in [7, 11) is 0. The third-order valence-electron chi connectivity index (χ3n) is 3.94. The highest BCUT2D eigenvalue weighted by Gasteiger charge is 2.31. The Hall–Kier alpha value is -2.00. The quantitative estimate of drug-likeness (QED) is 0.632. The fourth-order valence-corrected chi connectivity index (χ4v) is 2.74. The van der Waals surface area contributed by atoms with Gasteiger partial charge in [-0.25, -0.2) is 0 Å². The maximum Gasteiger partial charge on any atom is 0.315 e. The van der Waals surface area contributed by atoms with Crippen molar-refractivity contribution in [2.45, 2.75) is 26.2 Å². The summed E-state index contributed by atoms with van der Waals surface area (Å²) in [5, 5.41) is 2.63. The lowest BCUT2D eigenvalue weighted by atomic mass is 9.84. The first kappa shape index (κ1) is 14.9. The summed E-state index contributed by atoms with van der Waals surface area (Å²) >= 11 is 6.05. The molecule has 0 bridgehead atoms. The maximum absolute atomic E-state index is 12.1. The Morgan fingerprint density at radius 2 is 1.91 bits per heavy atom. The first-order valence-corrected chi connectivity index (χ1v) is 7.61. The summed E-state index contributed by atoms with van der Waals surface area (Å²) in [5.41, 5.74) is 1.67. The summed E-state index contributed by atoms with van der Waals surface area (Å²) < 4.78 is 11.0. The summed E-state index contributed by atoms with van der Waals surface area (Å²) in [6.07, 6.45) is 0. The van der Waals surface area contributed by atoms with Crippen LogP contribution in [0.2, 0.25) is 5.02 Å². The molecule has 0 unspecified atom stereocenters. The van der Waals surface area contributed by atoms with E-state index in [1.807, 2.05) is 44.2 Å². The van der Waals surface area contributed by atoms with Gasteiger partial charge in [0.1, 0.15) is 11.2 Å². The van der Waals surface area contributed by atoms with Crippen LogP contribution in [0.5, 0.6) is 0 Å². The van der Waals surface area contributed by atoms with Gasteiger partial charge in [0.25, 0.3) is 0 Å². The number of carbonyl (C=O) groups excluding carboxylic acids is 1. The number of carbonyl (C=O) groups is 1. The highest BCUT2D eigenvalue weighted by Crippen LogP contribution is 2.34. The van der Waals surface area contributed by atoms with E-state index in [-0.39, 0.29) is 5.97 Å². The molecular weight excluding hydrogens is 300 g/mol. The van der Waals surface area contributed by atoms with Crippen LogP contribution in [0.25, 0.3) is 21.9 Å². The molecule has 3 aromatic rings. The van der Waals surface area contributed by atoms with Crippen LogP contribution < -0.4 is 0 Å². The summed E-state index contributed by atoms with van der Waals surface area (Å²) in [4.78, 5) is 12.1. The molecule has 4 heteroatoms. The lowest BCUT2D eigenvalue weighted by molar-refractivity contribution is -0.148. The van der Waals surface area contributed by atoms with Gasteiger partial charge in [0.15, 0.2) is 0 Å². The first-order chi connectivity index (χ1) is 10.4. The number of hydrogen-bond acceptors (Lipinski definition) is 3. The van der Waals surface area contributed by atoms with E-state index in [0.717, 1.165) is 27.5 Å². The van der Waals surface area contributed by atoms with Crippen molar-refractivity contribution >= 4 is 39.5 Å². The maximum atomic E-state index is 12.1. The van der Waals surface area contributed by atoms with Crippen LogP contribution in [0.15, 0.2) is 40.8 Å². The molecule has 0 radical (unpaired) electrons. The molecule has 0 saturated heterocycles. The number of esters is 1. The number of benzene rings is 2.